The van der Waals surface area contributed by atoms with Gasteiger partial charge in [-0.3, -0.25) is 0 Å². The number of hydrogen-bond donors (Lipinski definition) is 0. The second kappa shape index (κ2) is 13.7. The fourth-order valence-corrected chi connectivity index (χ4v) is 10.4. The van der Waals surface area contributed by atoms with Gasteiger partial charge in [-0.1, -0.05) is 188 Å². The maximum Gasteiger partial charge on any atom is 0.0544 e. The molecule has 10 aromatic carbocycles. The predicted molar refractivity (Wildman–Crippen MR) is 249 cm³/mol. The van der Waals surface area contributed by atoms with Gasteiger partial charge < -0.3 is 4.57 Å². The molecular formula is C58H41N. The molecule has 0 fully saturated rings. The van der Waals surface area contributed by atoms with Crippen molar-refractivity contribution in [1.82, 2.24) is 4.57 Å². The van der Waals surface area contributed by atoms with Crippen molar-refractivity contribution in [2.45, 2.75) is 24.7 Å². The van der Waals surface area contributed by atoms with Crippen LogP contribution in [0.5, 0.6) is 0 Å². The number of nitrogens with zero attached hydrogens (tertiary/aromatic N) is 1. The number of aromatic nitrogens is 1. The summed E-state index contributed by atoms with van der Waals surface area (Å²) >= 11 is 0. The van der Waals surface area contributed by atoms with Crippen LogP contribution in [0.4, 0.5) is 0 Å². The van der Waals surface area contributed by atoms with Crippen LogP contribution in [-0.2, 0) is 12.8 Å². The van der Waals surface area contributed by atoms with E-state index in [1.54, 1.807) is 0 Å². The maximum absolute atomic E-state index is 2.46. The number of hydrogen-bond acceptors (Lipinski definition) is 0. The minimum atomic E-state index is 0.159. The van der Waals surface area contributed by atoms with Gasteiger partial charge in [-0.05, 0) is 114 Å². The van der Waals surface area contributed by atoms with Gasteiger partial charge in [0.25, 0.3) is 0 Å². The van der Waals surface area contributed by atoms with E-state index in [0.717, 1.165) is 12.8 Å². The zero-order valence-corrected chi connectivity index (χ0v) is 32.7. The highest BCUT2D eigenvalue weighted by molar-refractivity contribution is 6.11. The van der Waals surface area contributed by atoms with E-state index in [1.807, 2.05) is 0 Å². The minimum Gasteiger partial charge on any atom is -0.309 e. The van der Waals surface area contributed by atoms with Crippen LogP contribution in [0.1, 0.15) is 45.2 Å². The summed E-state index contributed by atoms with van der Waals surface area (Å²) in [7, 11) is 0. The SMILES string of the molecule is c1ccc(-n2c3ccccc3c3ccc([C@H](Cc4ccc(C[C@H]5c6ccc7ccccc7c6-c6cccc7cccc5c67)cc4)c4cccc5ccccc45)cc32)cc1. The molecule has 1 aliphatic carbocycles. The number of para-hydroxylation sites is 2. The Balaban J connectivity index is 0.955. The van der Waals surface area contributed by atoms with Crippen molar-refractivity contribution in [3.05, 3.63) is 246 Å². The van der Waals surface area contributed by atoms with Gasteiger partial charge in [0.2, 0.25) is 0 Å². The molecule has 1 aromatic heterocycles. The zero-order chi connectivity index (χ0) is 38.9. The molecule has 0 bridgehead atoms. The lowest BCUT2D eigenvalue weighted by molar-refractivity contribution is 0.800. The van der Waals surface area contributed by atoms with Crippen LogP contribution in [0.25, 0.3) is 70.9 Å². The van der Waals surface area contributed by atoms with Crippen LogP contribution >= 0.6 is 0 Å². The largest absolute Gasteiger partial charge is 0.309 e. The van der Waals surface area contributed by atoms with Crippen molar-refractivity contribution >= 4 is 54.1 Å². The summed E-state index contributed by atoms with van der Waals surface area (Å²) < 4.78 is 2.44. The van der Waals surface area contributed by atoms with Crippen LogP contribution < -0.4 is 0 Å². The molecule has 0 unspecified atom stereocenters. The first-order valence-corrected chi connectivity index (χ1v) is 20.9. The van der Waals surface area contributed by atoms with E-state index in [-0.39, 0.29) is 11.8 Å². The first-order chi connectivity index (χ1) is 29.3. The highest BCUT2D eigenvalue weighted by Crippen LogP contribution is 2.49. The molecule has 1 heterocycles. The lowest BCUT2D eigenvalue weighted by Crippen LogP contribution is -2.12. The predicted octanol–water partition coefficient (Wildman–Crippen LogP) is 15.0. The lowest BCUT2D eigenvalue weighted by Gasteiger charge is -2.30. The smallest absolute Gasteiger partial charge is 0.0544 e. The highest BCUT2D eigenvalue weighted by Gasteiger charge is 2.29. The molecule has 0 saturated heterocycles. The summed E-state index contributed by atoms with van der Waals surface area (Å²) in [6, 6.07) is 79.4. The maximum atomic E-state index is 2.46. The third-order valence-electron chi connectivity index (χ3n) is 13.1. The summed E-state index contributed by atoms with van der Waals surface area (Å²) in [4.78, 5) is 0. The summed E-state index contributed by atoms with van der Waals surface area (Å²) in [5, 5.41) is 10.5. The molecule has 0 amide bonds. The van der Waals surface area contributed by atoms with Crippen molar-refractivity contribution in [1.29, 1.82) is 0 Å². The molecule has 0 spiro atoms. The summed E-state index contributed by atoms with van der Waals surface area (Å²) in [5.74, 6) is 0.428. The Labute approximate surface area is 344 Å². The third-order valence-corrected chi connectivity index (χ3v) is 13.1. The summed E-state index contributed by atoms with van der Waals surface area (Å²) in [6.07, 6.45) is 1.85. The Morgan fingerprint density at radius 3 is 1.92 bits per heavy atom. The Morgan fingerprint density at radius 2 is 1.07 bits per heavy atom. The van der Waals surface area contributed by atoms with Gasteiger partial charge in [-0.15, -0.1) is 0 Å². The number of benzene rings is 10. The number of rotatable bonds is 7. The molecular weight excluding hydrogens is 711 g/mol. The van der Waals surface area contributed by atoms with E-state index in [9.17, 15) is 0 Å². The minimum absolute atomic E-state index is 0.159. The Morgan fingerprint density at radius 1 is 0.424 bits per heavy atom. The van der Waals surface area contributed by atoms with Gasteiger partial charge >= 0.3 is 0 Å². The normalized spacial score (nSPS) is 14.0. The highest BCUT2D eigenvalue weighted by atomic mass is 15.0. The molecule has 0 radical (unpaired) electrons. The first-order valence-electron chi connectivity index (χ1n) is 20.9. The monoisotopic (exact) mass is 751 g/mol. The van der Waals surface area contributed by atoms with Gasteiger partial charge in [0, 0.05) is 28.3 Å². The quantitative estimate of drug-likeness (QED) is 0.153. The van der Waals surface area contributed by atoms with Crippen LogP contribution in [0, 0.1) is 0 Å². The fraction of sp³-hybridized carbons (Fsp3) is 0.0690. The van der Waals surface area contributed by atoms with E-state index in [1.165, 1.54) is 104 Å². The van der Waals surface area contributed by atoms with E-state index in [2.05, 4.69) is 217 Å². The van der Waals surface area contributed by atoms with Gasteiger partial charge in [-0.2, -0.15) is 0 Å². The Bertz CT molecular complexity index is 3380. The molecule has 278 valence electrons. The van der Waals surface area contributed by atoms with Crippen molar-refractivity contribution in [3.8, 4) is 16.8 Å². The Kier molecular flexibility index (Phi) is 7.88. The van der Waals surface area contributed by atoms with E-state index in [4.69, 9.17) is 0 Å². The molecule has 59 heavy (non-hydrogen) atoms. The molecule has 1 nitrogen and oxygen atoms in total. The van der Waals surface area contributed by atoms with Crippen LogP contribution in [-0.4, -0.2) is 4.57 Å². The van der Waals surface area contributed by atoms with Crippen molar-refractivity contribution in [2.75, 3.05) is 0 Å². The molecule has 0 aliphatic heterocycles. The average molecular weight is 752 g/mol. The summed E-state index contributed by atoms with van der Waals surface area (Å²) in [6.45, 7) is 0. The first kappa shape index (κ1) is 33.9. The second-order valence-electron chi connectivity index (χ2n) is 16.4. The third kappa shape index (κ3) is 5.53. The van der Waals surface area contributed by atoms with E-state index in [0.29, 0.717) is 0 Å². The molecule has 1 aliphatic rings. The summed E-state index contributed by atoms with van der Waals surface area (Å²) in [5.41, 5.74) is 14.7. The van der Waals surface area contributed by atoms with E-state index < -0.39 is 0 Å². The topological polar surface area (TPSA) is 4.93 Å². The van der Waals surface area contributed by atoms with E-state index >= 15 is 0 Å². The molecule has 0 N–H and O–H groups in total. The molecule has 0 saturated carbocycles. The second-order valence-corrected chi connectivity index (χ2v) is 16.4. The van der Waals surface area contributed by atoms with Gasteiger partial charge in [0.05, 0.1) is 11.0 Å². The van der Waals surface area contributed by atoms with Gasteiger partial charge in [0.15, 0.2) is 0 Å². The van der Waals surface area contributed by atoms with Crippen LogP contribution in [0.3, 0.4) is 0 Å². The zero-order valence-electron chi connectivity index (χ0n) is 32.7. The Hall–Kier alpha value is -7.22. The lowest BCUT2D eigenvalue weighted by atomic mass is 9.73. The van der Waals surface area contributed by atoms with Gasteiger partial charge in [-0.25, -0.2) is 0 Å². The van der Waals surface area contributed by atoms with Gasteiger partial charge in [0.1, 0.15) is 0 Å². The molecule has 2 atom stereocenters. The van der Waals surface area contributed by atoms with Crippen molar-refractivity contribution < 1.29 is 0 Å². The van der Waals surface area contributed by atoms with Crippen molar-refractivity contribution in [2.24, 2.45) is 0 Å². The van der Waals surface area contributed by atoms with Crippen molar-refractivity contribution in [3.63, 3.8) is 0 Å². The molecule has 1 heteroatoms. The molecule has 11 aromatic rings. The van der Waals surface area contributed by atoms with Crippen LogP contribution in [0.2, 0.25) is 0 Å². The molecule has 12 rings (SSSR count). The standard InChI is InChI=1S/C58H41N/c1-2-18-44(19-3-1)59-55-26-9-8-22-48(55)49-33-32-43(37-56(49)59)53(47-23-10-15-40-13-4-6-20-45(40)47)35-38-27-29-39(30-28-38)36-54-50-24-11-16-42-17-12-25-52(57(42)50)58-46-21-7-5-14-41(46)31-34-51(54)58/h1-34,37,53-54H,35-36H2/t53-,54+/m0/s1. The number of fused-ring (bicyclic) bond motifs is 8. The van der Waals surface area contributed by atoms with Crippen LogP contribution in [0.15, 0.2) is 212 Å². The average Bonchev–Trinajstić information content (AvgIpc) is 3.63. The fourth-order valence-electron chi connectivity index (χ4n) is 10.4.